The zero-order valence-corrected chi connectivity index (χ0v) is 13.8. The number of benzene rings is 1. The van der Waals surface area contributed by atoms with Crippen molar-refractivity contribution >= 4 is 11.9 Å². The molecule has 1 unspecified atom stereocenters. The molecule has 24 heavy (non-hydrogen) atoms. The number of hydrogen-bond acceptors (Lipinski definition) is 4. The minimum atomic E-state index is -0.902. The van der Waals surface area contributed by atoms with Gasteiger partial charge in [0.25, 0.3) is 5.91 Å². The van der Waals surface area contributed by atoms with E-state index in [1.54, 1.807) is 22.7 Å². The van der Waals surface area contributed by atoms with Gasteiger partial charge < -0.3 is 10.0 Å². The van der Waals surface area contributed by atoms with Gasteiger partial charge in [0, 0.05) is 13.1 Å². The second kappa shape index (κ2) is 6.07. The van der Waals surface area contributed by atoms with Crippen molar-refractivity contribution in [1.29, 1.82) is 0 Å². The molecule has 7 nitrogen and oxygen atoms in total. The summed E-state index contributed by atoms with van der Waals surface area (Å²) in [6.07, 6.45) is 2.82. The van der Waals surface area contributed by atoms with Crippen LogP contribution in [0, 0.1) is 12.3 Å². The minimum absolute atomic E-state index is 0.193. The first kappa shape index (κ1) is 16.2. The van der Waals surface area contributed by atoms with E-state index in [2.05, 4.69) is 10.3 Å². The molecular weight excluding hydrogens is 308 g/mol. The van der Waals surface area contributed by atoms with Crippen LogP contribution in [0.25, 0.3) is 5.69 Å². The Morgan fingerprint density at radius 3 is 2.62 bits per heavy atom. The molecule has 2 aromatic rings. The molecule has 1 aromatic carbocycles. The van der Waals surface area contributed by atoms with Crippen LogP contribution in [0.2, 0.25) is 0 Å². The fourth-order valence-electron chi connectivity index (χ4n) is 2.93. The number of nitrogens with zero attached hydrogens (tertiary/aromatic N) is 4. The maximum atomic E-state index is 12.6. The van der Waals surface area contributed by atoms with E-state index in [1.165, 1.54) is 0 Å². The number of carbonyl (C=O) groups excluding carboxylic acids is 1. The van der Waals surface area contributed by atoms with Crippen molar-refractivity contribution in [3.8, 4) is 5.69 Å². The van der Waals surface area contributed by atoms with Gasteiger partial charge in [-0.2, -0.15) is 0 Å². The van der Waals surface area contributed by atoms with Crippen molar-refractivity contribution in [2.75, 3.05) is 13.1 Å². The fourth-order valence-corrected chi connectivity index (χ4v) is 2.93. The molecule has 1 aromatic heterocycles. The summed E-state index contributed by atoms with van der Waals surface area (Å²) in [5, 5.41) is 17.3. The van der Waals surface area contributed by atoms with Crippen LogP contribution in [-0.2, 0) is 4.79 Å². The van der Waals surface area contributed by atoms with Crippen molar-refractivity contribution in [2.45, 2.75) is 26.7 Å². The summed E-state index contributed by atoms with van der Waals surface area (Å²) >= 11 is 0. The van der Waals surface area contributed by atoms with Crippen LogP contribution in [-0.4, -0.2) is 50.0 Å². The van der Waals surface area contributed by atoms with Crippen molar-refractivity contribution in [3.63, 3.8) is 0 Å². The highest BCUT2D eigenvalue weighted by molar-refractivity contribution is 5.92. The van der Waals surface area contributed by atoms with Crippen LogP contribution in [0.1, 0.15) is 35.8 Å². The van der Waals surface area contributed by atoms with Crippen LogP contribution in [0.4, 0.5) is 0 Å². The molecule has 1 aliphatic heterocycles. The average molecular weight is 328 g/mol. The second-order valence-electron chi connectivity index (χ2n) is 6.58. The number of piperidine rings is 1. The Morgan fingerprint density at radius 1 is 1.25 bits per heavy atom. The van der Waals surface area contributed by atoms with E-state index in [0.717, 1.165) is 11.3 Å². The lowest BCUT2D eigenvalue weighted by Gasteiger charge is -2.37. The maximum absolute atomic E-state index is 12.6. The van der Waals surface area contributed by atoms with Gasteiger partial charge in [0.1, 0.15) is 0 Å². The highest BCUT2D eigenvalue weighted by Crippen LogP contribution is 2.30. The molecule has 0 saturated carbocycles. The first-order chi connectivity index (χ1) is 11.4. The third kappa shape index (κ3) is 3.02. The van der Waals surface area contributed by atoms with Gasteiger partial charge in [0.15, 0.2) is 5.69 Å². The Morgan fingerprint density at radius 2 is 1.96 bits per heavy atom. The van der Waals surface area contributed by atoms with Gasteiger partial charge >= 0.3 is 5.97 Å². The van der Waals surface area contributed by atoms with Gasteiger partial charge in [0.05, 0.1) is 17.3 Å². The van der Waals surface area contributed by atoms with Crippen LogP contribution in [0.3, 0.4) is 0 Å². The highest BCUT2D eigenvalue weighted by atomic mass is 16.4. The first-order valence-corrected chi connectivity index (χ1v) is 7.91. The monoisotopic (exact) mass is 328 g/mol. The number of amides is 1. The molecule has 7 heteroatoms. The number of aromatic nitrogens is 3. The van der Waals surface area contributed by atoms with Gasteiger partial charge in [-0.05, 0) is 38.8 Å². The van der Waals surface area contributed by atoms with E-state index in [-0.39, 0.29) is 18.1 Å². The summed E-state index contributed by atoms with van der Waals surface area (Å²) < 4.78 is 1.55. The summed E-state index contributed by atoms with van der Waals surface area (Å²) in [5.74, 6) is -1.15. The number of aliphatic carboxylic acids is 1. The van der Waals surface area contributed by atoms with E-state index in [4.69, 9.17) is 0 Å². The van der Waals surface area contributed by atoms with Crippen LogP contribution >= 0.6 is 0 Å². The summed E-state index contributed by atoms with van der Waals surface area (Å²) in [6.45, 7) is 4.41. The molecule has 1 atom stereocenters. The number of carboxylic acids is 1. The summed E-state index contributed by atoms with van der Waals surface area (Å²) in [5.41, 5.74) is 1.28. The number of hydrogen-bond donors (Lipinski definition) is 1. The Labute approximate surface area is 139 Å². The quantitative estimate of drug-likeness (QED) is 0.929. The molecular formula is C17H20N4O3. The first-order valence-electron chi connectivity index (χ1n) is 7.91. The summed E-state index contributed by atoms with van der Waals surface area (Å²) in [6, 6.07) is 7.73. The zero-order valence-electron chi connectivity index (χ0n) is 13.8. The molecule has 0 aliphatic carbocycles. The third-order valence-corrected chi connectivity index (χ3v) is 4.51. The van der Waals surface area contributed by atoms with Crippen LogP contribution in [0.15, 0.2) is 30.5 Å². The lowest BCUT2D eigenvalue weighted by atomic mass is 9.82. The largest absolute Gasteiger partial charge is 0.481 e. The minimum Gasteiger partial charge on any atom is -0.481 e. The highest BCUT2D eigenvalue weighted by Gasteiger charge is 2.40. The smallest absolute Gasteiger partial charge is 0.311 e. The Hall–Kier alpha value is -2.70. The molecule has 3 rings (SSSR count). The molecule has 1 aliphatic rings. The predicted octanol–water partition coefficient (Wildman–Crippen LogP) is 1.90. The zero-order chi connectivity index (χ0) is 17.3. The van der Waals surface area contributed by atoms with E-state index in [1.807, 2.05) is 31.2 Å². The van der Waals surface area contributed by atoms with Gasteiger partial charge in [0.2, 0.25) is 0 Å². The molecule has 126 valence electrons. The van der Waals surface area contributed by atoms with Gasteiger partial charge in [-0.3, -0.25) is 9.59 Å². The summed E-state index contributed by atoms with van der Waals surface area (Å²) in [4.78, 5) is 25.6. The second-order valence-corrected chi connectivity index (χ2v) is 6.58. The Balaban J connectivity index is 1.78. The van der Waals surface area contributed by atoms with Crippen molar-refractivity contribution in [1.82, 2.24) is 19.9 Å². The van der Waals surface area contributed by atoms with Gasteiger partial charge in [-0.25, -0.2) is 4.68 Å². The van der Waals surface area contributed by atoms with Crippen LogP contribution in [0.5, 0.6) is 0 Å². The number of rotatable bonds is 3. The van der Waals surface area contributed by atoms with Crippen LogP contribution < -0.4 is 0 Å². The van der Waals surface area contributed by atoms with Crippen molar-refractivity contribution < 1.29 is 14.7 Å². The van der Waals surface area contributed by atoms with Gasteiger partial charge in [-0.1, -0.05) is 22.9 Å². The standard InChI is InChI=1S/C17H20N4O3/c1-12-4-6-13(7-5-12)21-10-14(18-19-21)15(22)20-9-3-8-17(2,11-20)16(23)24/h4-7,10H,3,8-9,11H2,1-2H3,(H,23,24). The van der Waals surface area contributed by atoms with Crippen molar-refractivity contribution in [3.05, 3.63) is 41.7 Å². The SMILES string of the molecule is Cc1ccc(-n2cc(C(=O)N3CCCC(C)(C(=O)O)C3)nn2)cc1. The molecule has 0 radical (unpaired) electrons. The van der Waals surface area contributed by atoms with Gasteiger partial charge in [-0.15, -0.1) is 5.10 Å². The van der Waals surface area contributed by atoms with E-state index in [0.29, 0.717) is 19.4 Å². The number of carbonyl (C=O) groups is 2. The van der Waals surface area contributed by atoms with E-state index < -0.39 is 11.4 Å². The molecule has 1 amide bonds. The molecule has 0 spiro atoms. The predicted molar refractivity (Wildman–Crippen MR) is 87.0 cm³/mol. The van der Waals surface area contributed by atoms with Crippen molar-refractivity contribution in [2.24, 2.45) is 5.41 Å². The molecule has 1 N–H and O–H groups in total. The molecule has 1 saturated heterocycles. The van der Waals surface area contributed by atoms with E-state index in [9.17, 15) is 14.7 Å². The Kier molecular flexibility index (Phi) is 4.09. The molecule has 1 fully saturated rings. The maximum Gasteiger partial charge on any atom is 0.311 e. The fraction of sp³-hybridized carbons (Fsp3) is 0.412. The summed E-state index contributed by atoms with van der Waals surface area (Å²) in [7, 11) is 0. The lowest BCUT2D eigenvalue weighted by Crippen LogP contribution is -2.48. The molecule has 0 bridgehead atoms. The number of aryl methyl sites for hydroxylation is 1. The topological polar surface area (TPSA) is 88.3 Å². The number of likely N-dealkylation sites (tertiary alicyclic amines) is 1. The normalized spacial score (nSPS) is 20.8. The average Bonchev–Trinajstić information content (AvgIpc) is 3.04. The lowest BCUT2D eigenvalue weighted by molar-refractivity contribution is -0.150. The Bertz CT molecular complexity index is 768. The van der Waals surface area contributed by atoms with E-state index >= 15 is 0 Å². The number of carboxylic acid groups (broad SMARTS) is 1. The third-order valence-electron chi connectivity index (χ3n) is 4.51. The molecule has 2 heterocycles.